The lowest BCUT2D eigenvalue weighted by atomic mass is 10.2. The zero-order valence-corrected chi connectivity index (χ0v) is 11.8. The zero-order chi connectivity index (χ0) is 14.5. The van der Waals surface area contributed by atoms with Crippen molar-refractivity contribution in [3.05, 3.63) is 42.4 Å². The van der Waals surface area contributed by atoms with Crippen molar-refractivity contribution in [3.63, 3.8) is 0 Å². The van der Waals surface area contributed by atoms with E-state index in [1.807, 2.05) is 31.2 Å². The molecule has 1 atom stereocenters. The van der Waals surface area contributed by atoms with Gasteiger partial charge in [-0.2, -0.15) is 0 Å². The molecule has 106 valence electrons. The number of benzene rings is 1. The van der Waals surface area contributed by atoms with Gasteiger partial charge in [-0.05, 0) is 31.2 Å². The molecule has 5 nitrogen and oxygen atoms in total. The van der Waals surface area contributed by atoms with Gasteiger partial charge < -0.3 is 19.8 Å². The molecule has 2 N–H and O–H groups in total. The third-order valence-electron chi connectivity index (χ3n) is 2.86. The second-order valence-corrected chi connectivity index (χ2v) is 4.48. The number of nitrogens with one attached hydrogen (secondary N) is 2. The molecule has 0 saturated carbocycles. The van der Waals surface area contributed by atoms with Crippen LogP contribution in [0.1, 0.15) is 25.6 Å². The Morgan fingerprint density at radius 1 is 1.35 bits per heavy atom. The largest absolute Gasteiger partial charge is 0.495 e. The molecule has 0 aliphatic carbocycles. The first-order valence-electron chi connectivity index (χ1n) is 6.35. The Labute approximate surface area is 117 Å². The van der Waals surface area contributed by atoms with Crippen molar-refractivity contribution < 1.29 is 13.9 Å². The number of amides is 1. The summed E-state index contributed by atoms with van der Waals surface area (Å²) in [6.07, 6.45) is 1.64. The first kappa shape index (κ1) is 14.0. The molecule has 5 heteroatoms. The van der Waals surface area contributed by atoms with Crippen LogP contribution in [0.2, 0.25) is 0 Å². The average molecular weight is 274 g/mol. The van der Waals surface area contributed by atoms with Crippen LogP contribution in [0.25, 0.3) is 0 Å². The summed E-state index contributed by atoms with van der Waals surface area (Å²) in [4.78, 5) is 11.1. The lowest BCUT2D eigenvalue weighted by Gasteiger charge is -2.16. The van der Waals surface area contributed by atoms with Crippen LogP contribution < -0.4 is 15.4 Å². The van der Waals surface area contributed by atoms with E-state index in [1.165, 1.54) is 6.92 Å². The van der Waals surface area contributed by atoms with Crippen molar-refractivity contribution in [2.75, 3.05) is 17.7 Å². The molecule has 1 heterocycles. The molecule has 0 aliphatic heterocycles. The van der Waals surface area contributed by atoms with Gasteiger partial charge in [-0.1, -0.05) is 0 Å². The van der Waals surface area contributed by atoms with Crippen LogP contribution in [0.3, 0.4) is 0 Å². The molecule has 0 aliphatic rings. The van der Waals surface area contributed by atoms with Crippen molar-refractivity contribution in [2.45, 2.75) is 19.9 Å². The molecule has 0 spiro atoms. The fourth-order valence-corrected chi connectivity index (χ4v) is 1.93. The van der Waals surface area contributed by atoms with Crippen LogP contribution in [0.5, 0.6) is 5.75 Å². The molecule has 0 unspecified atom stereocenters. The van der Waals surface area contributed by atoms with Crippen LogP contribution in [0.4, 0.5) is 11.4 Å². The fourth-order valence-electron chi connectivity index (χ4n) is 1.93. The van der Waals surface area contributed by atoms with Crippen LogP contribution >= 0.6 is 0 Å². The summed E-state index contributed by atoms with van der Waals surface area (Å²) < 4.78 is 10.7. The van der Waals surface area contributed by atoms with Crippen molar-refractivity contribution in [1.82, 2.24) is 0 Å². The third kappa shape index (κ3) is 3.32. The number of carbonyl (C=O) groups excluding carboxylic acids is 1. The number of carbonyl (C=O) groups is 1. The van der Waals surface area contributed by atoms with Gasteiger partial charge >= 0.3 is 0 Å². The second-order valence-electron chi connectivity index (χ2n) is 4.48. The number of anilines is 2. The van der Waals surface area contributed by atoms with Crippen LogP contribution in [-0.4, -0.2) is 13.0 Å². The maximum atomic E-state index is 11.1. The quantitative estimate of drug-likeness (QED) is 0.877. The molecular weight excluding hydrogens is 256 g/mol. The van der Waals surface area contributed by atoms with Gasteiger partial charge in [0.15, 0.2) is 0 Å². The standard InChI is InChI=1S/C15H18N2O3/c1-10(14-5-4-8-20-14)16-13-7-6-12(17-11(2)18)9-15(13)19-3/h4-10,16H,1-3H3,(H,17,18)/t10-/m1/s1. The van der Waals surface area contributed by atoms with E-state index in [1.54, 1.807) is 19.4 Å². The van der Waals surface area contributed by atoms with E-state index < -0.39 is 0 Å². The van der Waals surface area contributed by atoms with Crippen molar-refractivity contribution in [2.24, 2.45) is 0 Å². The van der Waals surface area contributed by atoms with Crippen LogP contribution in [-0.2, 0) is 4.79 Å². The average Bonchev–Trinajstić information content (AvgIpc) is 2.93. The van der Waals surface area contributed by atoms with Crippen LogP contribution in [0, 0.1) is 0 Å². The zero-order valence-electron chi connectivity index (χ0n) is 11.8. The minimum Gasteiger partial charge on any atom is -0.495 e. The van der Waals surface area contributed by atoms with Gasteiger partial charge in [-0.25, -0.2) is 0 Å². The number of hydrogen-bond acceptors (Lipinski definition) is 4. The highest BCUT2D eigenvalue weighted by molar-refractivity contribution is 5.89. The van der Waals surface area contributed by atoms with E-state index in [4.69, 9.17) is 9.15 Å². The molecular formula is C15H18N2O3. The minimum absolute atomic E-state index is 0.0190. The van der Waals surface area contributed by atoms with Crippen LogP contribution in [0.15, 0.2) is 41.0 Å². The van der Waals surface area contributed by atoms with E-state index in [2.05, 4.69) is 10.6 Å². The number of furan rings is 1. The lowest BCUT2D eigenvalue weighted by Crippen LogP contribution is -2.08. The highest BCUT2D eigenvalue weighted by atomic mass is 16.5. The number of rotatable bonds is 5. The van der Waals surface area contributed by atoms with Crippen molar-refractivity contribution >= 4 is 17.3 Å². The number of ether oxygens (including phenoxy) is 1. The maximum absolute atomic E-state index is 11.1. The molecule has 1 aromatic carbocycles. The molecule has 0 radical (unpaired) electrons. The molecule has 2 rings (SSSR count). The summed E-state index contributed by atoms with van der Waals surface area (Å²) in [6, 6.07) is 9.24. The summed E-state index contributed by atoms with van der Waals surface area (Å²) in [5.74, 6) is 1.39. The Bertz CT molecular complexity index is 579. The minimum atomic E-state index is -0.114. The van der Waals surface area contributed by atoms with Gasteiger partial charge in [-0.15, -0.1) is 0 Å². The smallest absolute Gasteiger partial charge is 0.221 e. The Balaban J connectivity index is 2.17. The Morgan fingerprint density at radius 3 is 2.75 bits per heavy atom. The highest BCUT2D eigenvalue weighted by Gasteiger charge is 2.11. The molecule has 1 aromatic heterocycles. The molecule has 0 saturated heterocycles. The summed E-state index contributed by atoms with van der Waals surface area (Å²) in [5, 5.41) is 6.04. The Kier molecular flexibility index (Phi) is 4.30. The first-order valence-corrected chi connectivity index (χ1v) is 6.35. The highest BCUT2D eigenvalue weighted by Crippen LogP contribution is 2.31. The van der Waals surface area contributed by atoms with E-state index >= 15 is 0 Å². The predicted molar refractivity (Wildman–Crippen MR) is 78.0 cm³/mol. The van der Waals surface area contributed by atoms with Gasteiger partial charge in [0.25, 0.3) is 0 Å². The Hall–Kier alpha value is -2.43. The monoisotopic (exact) mass is 274 g/mol. The van der Waals surface area contributed by atoms with E-state index in [9.17, 15) is 4.79 Å². The topological polar surface area (TPSA) is 63.5 Å². The van der Waals surface area contributed by atoms with Gasteiger partial charge in [0.05, 0.1) is 25.1 Å². The lowest BCUT2D eigenvalue weighted by molar-refractivity contribution is -0.114. The van der Waals surface area contributed by atoms with E-state index in [0.29, 0.717) is 11.4 Å². The third-order valence-corrected chi connectivity index (χ3v) is 2.86. The SMILES string of the molecule is COc1cc(NC(C)=O)ccc1N[C@H](C)c1ccco1. The Morgan fingerprint density at radius 2 is 2.15 bits per heavy atom. The van der Waals surface area contributed by atoms with E-state index in [-0.39, 0.29) is 11.9 Å². The summed E-state index contributed by atoms with van der Waals surface area (Å²) >= 11 is 0. The molecule has 20 heavy (non-hydrogen) atoms. The number of methoxy groups -OCH3 is 1. The molecule has 0 bridgehead atoms. The summed E-state index contributed by atoms with van der Waals surface area (Å²) in [5.41, 5.74) is 1.54. The second kappa shape index (κ2) is 6.14. The van der Waals surface area contributed by atoms with Crippen molar-refractivity contribution in [1.29, 1.82) is 0 Å². The first-order chi connectivity index (χ1) is 9.60. The normalized spacial score (nSPS) is 11.8. The van der Waals surface area contributed by atoms with Gasteiger partial charge in [0.2, 0.25) is 5.91 Å². The predicted octanol–water partition coefficient (Wildman–Crippen LogP) is 3.42. The fraction of sp³-hybridized carbons (Fsp3) is 0.267. The molecule has 2 aromatic rings. The molecule has 0 fully saturated rings. The maximum Gasteiger partial charge on any atom is 0.221 e. The summed E-state index contributed by atoms with van der Waals surface area (Å²) in [6.45, 7) is 3.47. The van der Waals surface area contributed by atoms with Crippen molar-refractivity contribution in [3.8, 4) is 5.75 Å². The molecule has 1 amide bonds. The van der Waals surface area contributed by atoms with Gasteiger partial charge in [-0.3, -0.25) is 4.79 Å². The van der Waals surface area contributed by atoms with E-state index in [0.717, 1.165) is 11.4 Å². The van der Waals surface area contributed by atoms with Gasteiger partial charge in [0, 0.05) is 18.7 Å². The number of hydrogen-bond donors (Lipinski definition) is 2. The van der Waals surface area contributed by atoms with Gasteiger partial charge in [0.1, 0.15) is 11.5 Å². The summed E-state index contributed by atoms with van der Waals surface area (Å²) in [7, 11) is 1.59.